The largest absolute Gasteiger partial charge is 0.344 e. The average molecular weight is 305 g/mol. The van der Waals surface area contributed by atoms with E-state index in [4.69, 9.17) is 0 Å². The summed E-state index contributed by atoms with van der Waals surface area (Å²) in [5.41, 5.74) is 1.21. The molecule has 0 aliphatic carbocycles. The minimum absolute atomic E-state index is 0.0409. The average Bonchev–Trinajstić information content (AvgIpc) is 2.97. The van der Waals surface area contributed by atoms with Crippen molar-refractivity contribution in [2.24, 2.45) is 0 Å². The summed E-state index contributed by atoms with van der Waals surface area (Å²) in [5.74, 6) is 1.19. The van der Waals surface area contributed by atoms with E-state index in [-0.39, 0.29) is 11.8 Å². The number of hydrogen-bond donors (Lipinski definition) is 1. The van der Waals surface area contributed by atoms with Gasteiger partial charge in [-0.2, -0.15) is 0 Å². The monoisotopic (exact) mass is 305 g/mol. The summed E-state index contributed by atoms with van der Waals surface area (Å²) in [7, 11) is 1.94. The fourth-order valence-corrected chi connectivity index (χ4v) is 4.19. The van der Waals surface area contributed by atoms with Gasteiger partial charge in [0.15, 0.2) is 0 Å². The topological polar surface area (TPSA) is 35.6 Å². The second-order valence-corrected chi connectivity index (χ2v) is 6.81. The lowest BCUT2D eigenvalue weighted by atomic mass is 10.00. The molecule has 2 aliphatic heterocycles. The standard InChI is InChI=1S/C16H23N3OS/c1-18(10-11-19-8-6-17-7-9-19)16(20)14-12-21-15-5-3-2-4-13(14)15/h2-5,14,17H,6-12H2,1H3. The predicted molar refractivity (Wildman–Crippen MR) is 86.9 cm³/mol. The van der Waals surface area contributed by atoms with Crippen molar-refractivity contribution in [2.45, 2.75) is 10.8 Å². The lowest BCUT2D eigenvalue weighted by Gasteiger charge is -2.29. The molecule has 0 radical (unpaired) electrons. The van der Waals surface area contributed by atoms with Gasteiger partial charge in [0.25, 0.3) is 0 Å². The molecule has 2 aliphatic rings. The first-order valence-corrected chi connectivity index (χ1v) is 8.64. The fraction of sp³-hybridized carbons (Fsp3) is 0.562. The maximum Gasteiger partial charge on any atom is 0.230 e. The molecule has 1 aromatic carbocycles. The Morgan fingerprint density at radius 2 is 2.14 bits per heavy atom. The zero-order valence-electron chi connectivity index (χ0n) is 12.5. The van der Waals surface area contributed by atoms with Crippen molar-refractivity contribution in [2.75, 3.05) is 52.1 Å². The first-order chi connectivity index (χ1) is 10.3. The normalized spacial score (nSPS) is 22.0. The van der Waals surface area contributed by atoms with Crippen LogP contribution in [0.25, 0.3) is 0 Å². The highest BCUT2D eigenvalue weighted by Gasteiger charge is 2.30. The number of thioether (sulfide) groups is 1. The van der Waals surface area contributed by atoms with Crippen LogP contribution >= 0.6 is 11.8 Å². The Bertz CT molecular complexity index is 502. The highest BCUT2D eigenvalue weighted by molar-refractivity contribution is 7.99. The van der Waals surface area contributed by atoms with Crippen LogP contribution < -0.4 is 5.32 Å². The van der Waals surface area contributed by atoms with Gasteiger partial charge in [-0.1, -0.05) is 18.2 Å². The van der Waals surface area contributed by atoms with Crippen LogP contribution in [-0.4, -0.2) is 67.8 Å². The van der Waals surface area contributed by atoms with E-state index >= 15 is 0 Å². The number of amides is 1. The van der Waals surface area contributed by atoms with E-state index in [1.807, 2.05) is 24.1 Å². The van der Waals surface area contributed by atoms with E-state index in [2.05, 4.69) is 22.3 Å². The fourth-order valence-electron chi connectivity index (χ4n) is 2.97. The lowest BCUT2D eigenvalue weighted by molar-refractivity contribution is -0.131. The molecule has 1 unspecified atom stereocenters. The third-order valence-corrected chi connectivity index (χ3v) is 5.52. The Morgan fingerprint density at radius 1 is 1.38 bits per heavy atom. The number of carbonyl (C=O) groups excluding carboxylic acids is 1. The molecule has 1 aromatic rings. The molecule has 1 fully saturated rings. The van der Waals surface area contributed by atoms with Gasteiger partial charge in [-0.15, -0.1) is 11.8 Å². The van der Waals surface area contributed by atoms with Crippen LogP contribution in [0.1, 0.15) is 11.5 Å². The van der Waals surface area contributed by atoms with Gasteiger partial charge in [0, 0.05) is 57.0 Å². The van der Waals surface area contributed by atoms with Gasteiger partial charge < -0.3 is 10.2 Å². The van der Waals surface area contributed by atoms with E-state index in [1.54, 1.807) is 11.8 Å². The van der Waals surface area contributed by atoms with Gasteiger partial charge in [-0.25, -0.2) is 0 Å². The van der Waals surface area contributed by atoms with Crippen LogP contribution in [0.4, 0.5) is 0 Å². The molecule has 4 nitrogen and oxygen atoms in total. The maximum absolute atomic E-state index is 12.7. The molecule has 1 amide bonds. The van der Waals surface area contributed by atoms with Crippen molar-refractivity contribution in [1.82, 2.24) is 15.1 Å². The van der Waals surface area contributed by atoms with Crippen molar-refractivity contribution in [3.63, 3.8) is 0 Å². The zero-order chi connectivity index (χ0) is 14.7. The Balaban J connectivity index is 1.55. The van der Waals surface area contributed by atoms with E-state index in [0.29, 0.717) is 0 Å². The molecule has 1 atom stereocenters. The van der Waals surface area contributed by atoms with E-state index in [9.17, 15) is 4.79 Å². The molecule has 0 saturated carbocycles. The van der Waals surface area contributed by atoms with Crippen LogP contribution in [0.3, 0.4) is 0 Å². The van der Waals surface area contributed by atoms with Crippen molar-refractivity contribution >= 4 is 17.7 Å². The molecule has 21 heavy (non-hydrogen) atoms. The molecule has 2 heterocycles. The predicted octanol–water partition coefficient (Wildman–Crippen LogP) is 1.24. The van der Waals surface area contributed by atoms with Gasteiger partial charge in [-0.3, -0.25) is 9.69 Å². The number of piperazine rings is 1. The minimum Gasteiger partial charge on any atom is -0.344 e. The summed E-state index contributed by atoms with van der Waals surface area (Å²) in [4.78, 5) is 18.3. The molecule has 0 spiro atoms. The Morgan fingerprint density at radius 3 is 2.95 bits per heavy atom. The number of fused-ring (bicyclic) bond motifs is 1. The van der Waals surface area contributed by atoms with Gasteiger partial charge in [0.05, 0.1) is 5.92 Å². The molecular weight excluding hydrogens is 282 g/mol. The zero-order valence-corrected chi connectivity index (χ0v) is 13.4. The summed E-state index contributed by atoms with van der Waals surface area (Å²) in [6.07, 6.45) is 0. The molecule has 0 aromatic heterocycles. The van der Waals surface area contributed by atoms with Crippen molar-refractivity contribution < 1.29 is 4.79 Å². The summed E-state index contributed by atoms with van der Waals surface area (Å²) < 4.78 is 0. The van der Waals surface area contributed by atoms with Gasteiger partial charge >= 0.3 is 0 Å². The molecule has 0 bridgehead atoms. The number of nitrogens with zero attached hydrogens (tertiary/aromatic N) is 2. The SMILES string of the molecule is CN(CCN1CCNCC1)C(=O)C1CSc2ccccc21. The summed E-state index contributed by atoms with van der Waals surface area (Å²) in [6, 6.07) is 8.30. The van der Waals surface area contributed by atoms with Crippen molar-refractivity contribution in [1.29, 1.82) is 0 Å². The second-order valence-electron chi connectivity index (χ2n) is 5.75. The Labute approximate surface area is 130 Å². The highest BCUT2D eigenvalue weighted by atomic mass is 32.2. The smallest absolute Gasteiger partial charge is 0.230 e. The molecule has 1 N–H and O–H groups in total. The molecule has 5 heteroatoms. The van der Waals surface area contributed by atoms with Gasteiger partial charge in [-0.05, 0) is 11.6 Å². The molecule has 3 rings (SSSR count). The van der Waals surface area contributed by atoms with E-state index in [0.717, 1.165) is 45.0 Å². The number of hydrogen-bond acceptors (Lipinski definition) is 4. The quantitative estimate of drug-likeness (QED) is 0.908. The first-order valence-electron chi connectivity index (χ1n) is 7.65. The van der Waals surface area contributed by atoms with E-state index in [1.165, 1.54) is 10.5 Å². The van der Waals surface area contributed by atoms with Crippen LogP contribution in [-0.2, 0) is 4.79 Å². The molecule has 114 valence electrons. The highest BCUT2D eigenvalue weighted by Crippen LogP contribution is 2.39. The van der Waals surface area contributed by atoms with Gasteiger partial charge in [0.1, 0.15) is 0 Å². The summed E-state index contributed by atoms with van der Waals surface area (Å²) in [6.45, 7) is 6.09. The Kier molecular flexibility index (Phi) is 4.83. The van der Waals surface area contributed by atoms with Crippen molar-refractivity contribution in [3.05, 3.63) is 29.8 Å². The number of nitrogens with one attached hydrogen (secondary N) is 1. The van der Waals surface area contributed by atoms with Gasteiger partial charge in [0.2, 0.25) is 5.91 Å². The second kappa shape index (κ2) is 6.81. The van der Waals surface area contributed by atoms with Crippen LogP contribution in [0, 0.1) is 0 Å². The summed E-state index contributed by atoms with van der Waals surface area (Å²) >= 11 is 1.80. The van der Waals surface area contributed by atoms with Crippen LogP contribution in [0.2, 0.25) is 0 Å². The van der Waals surface area contributed by atoms with Crippen LogP contribution in [0.5, 0.6) is 0 Å². The molecular formula is C16H23N3OS. The third-order valence-electron chi connectivity index (χ3n) is 4.34. The summed E-state index contributed by atoms with van der Waals surface area (Å²) in [5, 5.41) is 3.36. The minimum atomic E-state index is 0.0409. The first kappa shape index (κ1) is 14.9. The van der Waals surface area contributed by atoms with E-state index < -0.39 is 0 Å². The number of likely N-dealkylation sites (N-methyl/N-ethyl adjacent to an activating group) is 1. The van der Waals surface area contributed by atoms with Crippen molar-refractivity contribution in [3.8, 4) is 0 Å². The molecule has 1 saturated heterocycles. The number of rotatable bonds is 4. The number of benzene rings is 1. The van der Waals surface area contributed by atoms with Crippen LogP contribution in [0.15, 0.2) is 29.2 Å². The maximum atomic E-state index is 12.7. The third kappa shape index (κ3) is 3.42. The Hall–Kier alpha value is -1.04. The lowest BCUT2D eigenvalue weighted by Crippen LogP contribution is -2.46. The number of carbonyl (C=O) groups is 1.